The van der Waals surface area contributed by atoms with Gasteiger partial charge in [-0.05, 0) is 55.5 Å². The quantitative estimate of drug-likeness (QED) is 0.546. The van der Waals surface area contributed by atoms with Gasteiger partial charge in [0.2, 0.25) is 5.13 Å². The topological polar surface area (TPSA) is 68.0 Å². The lowest BCUT2D eigenvalue weighted by molar-refractivity contribution is 0.559. The first kappa shape index (κ1) is 15.7. The second-order valence-corrected chi connectivity index (χ2v) is 8.30. The lowest BCUT2D eigenvalue weighted by Crippen LogP contribution is -2.00. The SMILES string of the molecule is Cc1cc2oc(=O)cc(CSc3nnc(NC4CC4)s3)c2cc1C. The van der Waals surface area contributed by atoms with Gasteiger partial charge in [-0.2, -0.15) is 0 Å². The van der Waals surface area contributed by atoms with Crippen LogP contribution in [0.1, 0.15) is 29.5 Å². The maximum Gasteiger partial charge on any atom is 0.336 e. The molecule has 3 aromatic rings. The van der Waals surface area contributed by atoms with Crippen molar-refractivity contribution in [2.24, 2.45) is 0 Å². The zero-order valence-corrected chi connectivity index (χ0v) is 15.1. The van der Waals surface area contributed by atoms with Crippen molar-refractivity contribution in [3.05, 3.63) is 45.3 Å². The Morgan fingerprint density at radius 3 is 2.83 bits per heavy atom. The van der Waals surface area contributed by atoms with Gasteiger partial charge in [0.1, 0.15) is 5.58 Å². The van der Waals surface area contributed by atoms with Crippen LogP contribution in [0.5, 0.6) is 0 Å². The van der Waals surface area contributed by atoms with Gasteiger partial charge in [-0.1, -0.05) is 23.1 Å². The number of nitrogens with zero attached hydrogens (tertiary/aromatic N) is 2. The predicted octanol–water partition coefficient (Wildman–Crippen LogP) is 4.13. The van der Waals surface area contributed by atoms with Crippen LogP contribution in [0.25, 0.3) is 11.0 Å². The van der Waals surface area contributed by atoms with Crippen molar-refractivity contribution in [2.45, 2.75) is 42.8 Å². The first-order chi connectivity index (χ1) is 11.6. The van der Waals surface area contributed by atoms with E-state index >= 15 is 0 Å². The van der Waals surface area contributed by atoms with Crippen LogP contribution < -0.4 is 10.9 Å². The molecule has 0 spiro atoms. The van der Waals surface area contributed by atoms with Crippen molar-refractivity contribution in [2.75, 3.05) is 5.32 Å². The molecule has 2 aromatic heterocycles. The highest BCUT2D eigenvalue weighted by atomic mass is 32.2. The molecule has 0 unspecified atom stereocenters. The first-order valence-corrected chi connectivity index (χ1v) is 9.65. The number of anilines is 1. The molecular formula is C17H17N3O2S2. The van der Waals surface area contributed by atoms with Gasteiger partial charge in [0.25, 0.3) is 0 Å². The van der Waals surface area contributed by atoms with Crippen LogP contribution in [0.15, 0.2) is 31.8 Å². The van der Waals surface area contributed by atoms with Crippen molar-refractivity contribution < 1.29 is 4.42 Å². The lowest BCUT2D eigenvalue weighted by atomic mass is 10.0. The average Bonchev–Trinajstić information content (AvgIpc) is 3.23. The molecule has 1 aromatic carbocycles. The van der Waals surface area contributed by atoms with Crippen LogP contribution >= 0.6 is 23.1 Å². The number of rotatable bonds is 5. The van der Waals surface area contributed by atoms with E-state index in [9.17, 15) is 4.79 Å². The summed E-state index contributed by atoms with van der Waals surface area (Å²) < 4.78 is 6.25. The van der Waals surface area contributed by atoms with Gasteiger partial charge in [0, 0.05) is 23.2 Å². The molecular weight excluding hydrogens is 342 g/mol. The van der Waals surface area contributed by atoms with Crippen LogP contribution in [0.4, 0.5) is 5.13 Å². The van der Waals surface area contributed by atoms with Crippen molar-refractivity contribution in [1.82, 2.24) is 10.2 Å². The Kier molecular flexibility index (Phi) is 4.05. The minimum atomic E-state index is -0.310. The predicted molar refractivity (Wildman–Crippen MR) is 98.1 cm³/mol. The monoisotopic (exact) mass is 359 g/mol. The van der Waals surface area contributed by atoms with E-state index < -0.39 is 0 Å². The highest BCUT2D eigenvalue weighted by molar-refractivity contribution is 8.00. The zero-order valence-electron chi connectivity index (χ0n) is 13.5. The summed E-state index contributed by atoms with van der Waals surface area (Å²) in [6, 6.07) is 6.17. The fraction of sp³-hybridized carbons (Fsp3) is 0.353. The smallest absolute Gasteiger partial charge is 0.336 e. The van der Waals surface area contributed by atoms with Gasteiger partial charge >= 0.3 is 5.63 Å². The van der Waals surface area contributed by atoms with E-state index in [1.54, 1.807) is 29.2 Å². The Balaban J connectivity index is 1.58. The molecule has 0 radical (unpaired) electrons. The third kappa shape index (κ3) is 3.32. The Hall–Kier alpha value is -1.86. The molecule has 1 aliphatic carbocycles. The highest BCUT2D eigenvalue weighted by Gasteiger charge is 2.22. The molecule has 1 saturated carbocycles. The van der Waals surface area contributed by atoms with E-state index in [0.717, 1.165) is 26.0 Å². The van der Waals surface area contributed by atoms with Gasteiger partial charge in [-0.15, -0.1) is 10.2 Å². The molecule has 7 heteroatoms. The molecule has 1 fully saturated rings. The largest absolute Gasteiger partial charge is 0.423 e. The summed E-state index contributed by atoms with van der Waals surface area (Å²) in [5.74, 6) is 0.669. The van der Waals surface area contributed by atoms with Gasteiger partial charge in [-0.25, -0.2) is 4.79 Å². The van der Waals surface area contributed by atoms with Gasteiger partial charge in [-0.3, -0.25) is 0 Å². The molecule has 1 N–H and O–H groups in total. The molecule has 0 aliphatic heterocycles. The number of benzene rings is 1. The number of hydrogen-bond acceptors (Lipinski definition) is 7. The standard InChI is InChI=1S/C17H17N3O2S2/c1-9-5-13-11(7-15(21)22-14(13)6-10(9)2)8-23-17-20-19-16(24-17)18-12-3-4-12/h5-7,12H,3-4,8H2,1-2H3,(H,18,19). The van der Waals surface area contributed by atoms with Crippen LogP contribution in [-0.4, -0.2) is 16.2 Å². The van der Waals surface area contributed by atoms with E-state index in [1.807, 2.05) is 13.0 Å². The third-order valence-electron chi connectivity index (χ3n) is 4.11. The maximum atomic E-state index is 11.8. The summed E-state index contributed by atoms with van der Waals surface area (Å²) in [4.78, 5) is 11.8. The van der Waals surface area contributed by atoms with Crippen molar-refractivity contribution >= 4 is 39.2 Å². The van der Waals surface area contributed by atoms with Crippen LogP contribution in [0.3, 0.4) is 0 Å². The van der Waals surface area contributed by atoms with Crippen LogP contribution in [0, 0.1) is 13.8 Å². The normalized spacial score (nSPS) is 14.2. The summed E-state index contributed by atoms with van der Waals surface area (Å²) in [6.45, 7) is 4.09. The summed E-state index contributed by atoms with van der Waals surface area (Å²) in [5.41, 5.74) is 3.62. The van der Waals surface area contributed by atoms with Crippen LogP contribution in [0.2, 0.25) is 0 Å². The molecule has 0 saturated heterocycles. The minimum absolute atomic E-state index is 0.310. The second-order valence-electron chi connectivity index (χ2n) is 6.10. The molecule has 124 valence electrons. The molecule has 0 atom stereocenters. The lowest BCUT2D eigenvalue weighted by Gasteiger charge is -2.07. The molecule has 1 aliphatic rings. The number of hydrogen-bond donors (Lipinski definition) is 1. The first-order valence-electron chi connectivity index (χ1n) is 7.85. The molecule has 0 amide bonds. The molecule has 0 bridgehead atoms. The van der Waals surface area contributed by atoms with E-state index in [0.29, 0.717) is 17.4 Å². The summed E-state index contributed by atoms with van der Waals surface area (Å²) in [6.07, 6.45) is 2.43. The number of fused-ring (bicyclic) bond motifs is 1. The fourth-order valence-electron chi connectivity index (χ4n) is 2.47. The average molecular weight is 359 g/mol. The molecule has 5 nitrogen and oxygen atoms in total. The number of aryl methyl sites for hydroxylation is 2. The molecule has 4 rings (SSSR count). The zero-order chi connectivity index (χ0) is 16.7. The number of aromatic nitrogens is 2. The van der Waals surface area contributed by atoms with Gasteiger partial charge in [0.15, 0.2) is 4.34 Å². The van der Waals surface area contributed by atoms with E-state index in [-0.39, 0.29) is 5.63 Å². The van der Waals surface area contributed by atoms with E-state index in [2.05, 4.69) is 28.5 Å². The Labute approximate surface area is 147 Å². The van der Waals surface area contributed by atoms with Gasteiger partial charge < -0.3 is 9.73 Å². The highest BCUT2D eigenvalue weighted by Crippen LogP contribution is 2.33. The molecule has 24 heavy (non-hydrogen) atoms. The Morgan fingerprint density at radius 2 is 2.04 bits per heavy atom. The second kappa shape index (κ2) is 6.22. The third-order valence-corrected chi connectivity index (χ3v) is 6.14. The van der Waals surface area contributed by atoms with E-state index in [4.69, 9.17) is 4.42 Å². The number of nitrogens with one attached hydrogen (secondary N) is 1. The van der Waals surface area contributed by atoms with Crippen LogP contribution in [-0.2, 0) is 5.75 Å². The Bertz CT molecular complexity index is 960. The van der Waals surface area contributed by atoms with E-state index in [1.165, 1.54) is 18.4 Å². The maximum absolute atomic E-state index is 11.8. The fourth-order valence-corrected chi connectivity index (χ4v) is 4.29. The van der Waals surface area contributed by atoms with Crippen molar-refractivity contribution in [3.8, 4) is 0 Å². The molecule has 2 heterocycles. The van der Waals surface area contributed by atoms with Crippen molar-refractivity contribution in [3.63, 3.8) is 0 Å². The number of thioether (sulfide) groups is 1. The summed E-state index contributed by atoms with van der Waals surface area (Å²) in [7, 11) is 0. The van der Waals surface area contributed by atoms with Crippen molar-refractivity contribution in [1.29, 1.82) is 0 Å². The summed E-state index contributed by atoms with van der Waals surface area (Å²) in [5, 5.41) is 13.6. The Morgan fingerprint density at radius 1 is 1.25 bits per heavy atom. The minimum Gasteiger partial charge on any atom is -0.423 e. The van der Waals surface area contributed by atoms with Gasteiger partial charge in [0.05, 0.1) is 0 Å². The summed E-state index contributed by atoms with van der Waals surface area (Å²) >= 11 is 3.16.